The first-order valence-electron chi connectivity index (χ1n) is 4.49. The van der Waals surface area contributed by atoms with Crippen molar-refractivity contribution in [2.45, 2.75) is 24.4 Å². The fourth-order valence-corrected chi connectivity index (χ4v) is 0.516. The van der Waals surface area contributed by atoms with Crippen LogP contribution in [0.3, 0.4) is 0 Å². The summed E-state index contributed by atoms with van der Waals surface area (Å²) in [5, 5.41) is 71.5. The van der Waals surface area contributed by atoms with Gasteiger partial charge in [-0.2, -0.15) is 0 Å². The fourth-order valence-electron chi connectivity index (χ4n) is 0.516. The molecule has 4 atom stereocenters. The SMILES string of the molecule is O=C([O-])C(O)C(O)C(=O)[O-].O=C([O-])C(O)C(O)C(=O)[O-].[Mg+2].[Na+].[Na+]. The fraction of sp³-hybridized carbons (Fsp3) is 0.500. The second kappa shape index (κ2) is 17.3. The topological polar surface area (TPSA) is 241 Å². The number of aliphatic hydroxyl groups excluding tert-OH is 4. The van der Waals surface area contributed by atoms with Crippen LogP contribution >= 0.6 is 0 Å². The van der Waals surface area contributed by atoms with E-state index in [1.807, 2.05) is 0 Å². The molecule has 15 heteroatoms. The predicted molar refractivity (Wildman–Crippen MR) is 49.8 cm³/mol. The van der Waals surface area contributed by atoms with Gasteiger partial charge in [-0.1, -0.05) is 0 Å². The van der Waals surface area contributed by atoms with Gasteiger partial charge < -0.3 is 60.0 Å². The van der Waals surface area contributed by atoms with Crippen LogP contribution in [0.4, 0.5) is 0 Å². The van der Waals surface area contributed by atoms with Gasteiger partial charge in [-0.3, -0.25) is 0 Å². The van der Waals surface area contributed by atoms with E-state index in [4.69, 9.17) is 20.4 Å². The van der Waals surface area contributed by atoms with Gasteiger partial charge in [-0.15, -0.1) is 0 Å². The van der Waals surface area contributed by atoms with Crippen LogP contribution in [0.2, 0.25) is 0 Å². The predicted octanol–water partition coefficient (Wildman–Crippen LogP) is -16.0. The molecule has 0 fully saturated rings. The van der Waals surface area contributed by atoms with Crippen molar-refractivity contribution in [2.75, 3.05) is 0 Å². The third-order valence-electron chi connectivity index (χ3n) is 1.56. The van der Waals surface area contributed by atoms with Crippen LogP contribution in [0.5, 0.6) is 0 Å². The minimum atomic E-state index is -2.44. The Morgan fingerprint density at radius 1 is 0.522 bits per heavy atom. The Hall–Kier alpha value is 0.486. The first-order valence-corrected chi connectivity index (χ1v) is 4.49. The minimum absolute atomic E-state index is 0. The van der Waals surface area contributed by atoms with Gasteiger partial charge in [-0.25, -0.2) is 0 Å². The van der Waals surface area contributed by atoms with E-state index in [1.54, 1.807) is 0 Å². The standard InChI is InChI=1S/2C4H6O6.Mg.2Na/c2*5-1(3(7)8)2(6)4(9)10;;;/h2*1-2,5-6H,(H,7,8)(H,9,10);;;/q;;+2;2*+1/p-4. The van der Waals surface area contributed by atoms with Crippen molar-refractivity contribution in [1.29, 1.82) is 0 Å². The van der Waals surface area contributed by atoms with Crippen molar-refractivity contribution in [1.82, 2.24) is 0 Å². The minimum Gasteiger partial charge on any atom is -0.547 e. The Morgan fingerprint density at radius 3 is 0.652 bits per heavy atom. The Kier molecular flexibility index (Phi) is 26.2. The second-order valence-electron chi connectivity index (χ2n) is 3.06. The van der Waals surface area contributed by atoms with Crippen molar-refractivity contribution in [3.63, 3.8) is 0 Å². The first kappa shape index (κ1) is 34.7. The van der Waals surface area contributed by atoms with Crippen molar-refractivity contribution in [3.05, 3.63) is 0 Å². The van der Waals surface area contributed by atoms with E-state index in [0.717, 1.165) is 0 Å². The van der Waals surface area contributed by atoms with Gasteiger partial charge in [0.2, 0.25) is 0 Å². The van der Waals surface area contributed by atoms with Gasteiger partial charge in [0.25, 0.3) is 0 Å². The van der Waals surface area contributed by atoms with E-state index in [0.29, 0.717) is 0 Å². The van der Waals surface area contributed by atoms with Gasteiger partial charge in [0.1, 0.15) is 24.4 Å². The van der Waals surface area contributed by atoms with Gasteiger partial charge in [0.05, 0.1) is 23.9 Å². The third-order valence-corrected chi connectivity index (χ3v) is 1.56. The third kappa shape index (κ3) is 15.7. The monoisotopic (exact) mass is 366 g/mol. The van der Waals surface area contributed by atoms with Gasteiger partial charge in [0, 0.05) is 0 Å². The summed E-state index contributed by atoms with van der Waals surface area (Å²) in [7, 11) is 0. The van der Waals surface area contributed by atoms with Crippen LogP contribution < -0.4 is 79.5 Å². The maximum Gasteiger partial charge on any atom is 2.00 e. The summed E-state index contributed by atoms with van der Waals surface area (Å²) in [6, 6.07) is 0. The smallest absolute Gasteiger partial charge is 0.547 e. The maximum absolute atomic E-state index is 9.63. The van der Waals surface area contributed by atoms with Gasteiger partial charge >= 0.3 is 82.2 Å². The molecule has 0 aliphatic heterocycles. The van der Waals surface area contributed by atoms with Crippen molar-refractivity contribution < 1.29 is 119 Å². The summed E-state index contributed by atoms with van der Waals surface area (Å²) >= 11 is 0. The Bertz CT molecular complexity index is 319. The Balaban J connectivity index is -0.0000000831. The van der Waals surface area contributed by atoms with E-state index in [2.05, 4.69) is 0 Å². The van der Waals surface area contributed by atoms with Gasteiger partial charge in [0.15, 0.2) is 0 Å². The van der Waals surface area contributed by atoms with Gasteiger partial charge in [-0.05, 0) is 0 Å². The number of carbonyl (C=O) groups is 4. The second-order valence-corrected chi connectivity index (χ2v) is 3.06. The number of hydrogen-bond acceptors (Lipinski definition) is 12. The molecule has 116 valence electrons. The number of aliphatic hydroxyl groups is 4. The molecule has 0 radical (unpaired) electrons. The molecule has 0 amide bonds. The average Bonchev–Trinajstić information content (AvgIpc) is 2.35. The zero-order valence-electron chi connectivity index (χ0n) is 12.1. The number of aliphatic carboxylic acids is 4. The molecule has 4 unspecified atom stereocenters. The molecule has 12 nitrogen and oxygen atoms in total. The van der Waals surface area contributed by atoms with Crippen LogP contribution in [0.1, 0.15) is 0 Å². The quantitative estimate of drug-likeness (QED) is 0.320. The van der Waals surface area contributed by atoms with Crippen LogP contribution in [0, 0.1) is 0 Å². The number of carboxylic acid groups (broad SMARTS) is 4. The summed E-state index contributed by atoms with van der Waals surface area (Å²) in [6.45, 7) is 0. The summed E-state index contributed by atoms with van der Waals surface area (Å²) in [4.78, 5) is 38.5. The molecule has 0 saturated carbocycles. The normalized spacial score (nSPS) is 13.7. The Labute approximate surface area is 188 Å². The zero-order valence-corrected chi connectivity index (χ0v) is 17.5. The molecule has 0 aromatic heterocycles. The molecular formula is C8H8MgNa2O12. The molecule has 0 saturated heterocycles. The van der Waals surface area contributed by atoms with E-state index in [-0.39, 0.29) is 82.2 Å². The molecule has 0 rings (SSSR count). The number of rotatable bonds is 6. The van der Waals surface area contributed by atoms with E-state index < -0.39 is 48.3 Å². The first-order chi connectivity index (χ1) is 8.93. The van der Waals surface area contributed by atoms with Crippen LogP contribution in [0.15, 0.2) is 0 Å². The molecule has 0 aromatic carbocycles. The summed E-state index contributed by atoms with van der Waals surface area (Å²) < 4.78 is 0. The molecule has 0 aliphatic carbocycles. The Morgan fingerprint density at radius 2 is 0.609 bits per heavy atom. The van der Waals surface area contributed by atoms with Crippen molar-refractivity contribution in [3.8, 4) is 0 Å². The molecule has 0 bridgehead atoms. The van der Waals surface area contributed by atoms with Crippen molar-refractivity contribution in [2.24, 2.45) is 0 Å². The summed E-state index contributed by atoms with van der Waals surface area (Å²) in [6.07, 6.45) is -9.76. The average molecular weight is 366 g/mol. The number of carboxylic acids is 4. The zero-order chi connectivity index (χ0) is 16.6. The number of hydrogen-bond donors (Lipinski definition) is 4. The molecule has 0 aliphatic rings. The van der Waals surface area contributed by atoms with E-state index in [9.17, 15) is 39.6 Å². The molecule has 0 aromatic rings. The molecule has 4 N–H and O–H groups in total. The summed E-state index contributed by atoms with van der Waals surface area (Å²) in [5.74, 6) is -8.23. The molecular weight excluding hydrogens is 358 g/mol. The van der Waals surface area contributed by atoms with Crippen LogP contribution in [-0.4, -0.2) is 91.8 Å². The number of carbonyl (C=O) groups excluding carboxylic acids is 4. The molecule has 23 heavy (non-hydrogen) atoms. The maximum atomic E-state index is 9.63. The molecule has 0 heterocycles. The molecule has 0 spiro atoms. The van der Waals surface area contributed by atoms with E-state index >= 15 is 0 Å². The van der Waals surface area contributed by atoms with Crippen LogP contribution in [0.25, 0.3) is 0 Å². The van der Waals surface area contributed by atoms with E-state index in [1.165, 1.54) is 0 Å². The summed E-state index contributed by atoms with van der Waals surface area (Å²) in [5.41, 5.74) is 0. The van der Waals surface area contributed by atoms with Crippen molar-refractivity contribution >= 4 is 46.9 Å². The van der Waals surface area contributed by atoms with Crippen LogP contribution in [-0.2, 0) is 19.2 Å². The largest absolute Gasteiger partial charge is 2.00 e.